The van der Waals surface area contributed by atoms with Crippen molar-refractivity contribution in [3.8, 4) is 0 Å². The van der Waals surface area contributed by atoms with Crippen molar-refractivity contribution in [3.63, 3.8) is 0 Å². The van der Waals surface area contributed by atoms with Gasteiger partial charge in [0.1, 0.15) is 6.10 Å². The third-order valence-electron chi connectivity index (χ3n) is 7.26. The first-order valence-electron chi connectivity index (χ1n) is 12.7. The fraction of sp³-hybridized carbons (Fsp3) is 0.679. The topological polar surface area (TPSA) is 26.3 Å². The quantitative estimate of drug-likeness (QED) is 0.286. The fourth-order valence-electron chi connectivity index (χ4n) is 5.17. The van der Waals surface area contributed by atoms with Crippen LogP contribution in [0.15, 0.2) is 30.3 Å². The number of benzene rings is 1. The van der Waals surface area contributed by atoms with Crippen LogP contribution in [0.25, 0.3) is 5.57 Å². The first kappa shape index (κ1) is 23.1. The molecule has 1 aromatic carbocycles. The van der Waals surface area contributed by atoms with Gasteiger partial charge in [0, 0.05) is 0 Å². The van der Waals surface area contributed by atoms with Crippen LogP contribution in [0.3, 0.4) is 0 Å². The van der Waals surface area contributed by atoms with E-state index in [1.165, 1.54) is 88.2 Å². The third-order valence-corrected chi connectivity index (χ3v) is 7.26. The molecule has 1 atom stereocenters. The summed E-state index contributed by atoms with van der Waals surface area (Å²) in [6.07, 6.45) is 20.1. The van der Waals surface area contributed by atoms with Crippen LogP contribution in [0, 0.1) is 11.8 Å². The van der Waals surface area contributed by atoms with Crippen LogP contribution in [0.1, 0.15) is 120 Å². The Morgan fingerprint density at radius 1 is 0.867 bits per heavy atom. The first-order chi connectivity index (χ1) is 14.7. The summed E-state index contributed by atoms with van der Waals surface area (Å²) >= 11 is 0. The van der Waals surface area contributed by atoms with Crippen molar-refractivity contribution >= 4 is 11.5 Å². The van der Waals surface area contributed by atoms with E-state index in [9.17, 15) is 4.79 Å². The summed E-state index contributed by atoms with van der Waals surface area (Å²) in [6, 6.07) is 8.13. The lowest BCUT2D eigenvalue weighted by molar-refractivity contribution is 0.0161. The van der Waals surface area contributed by atoms with E-state index in [1.807, 2.05) is 12.1 Å². The van der Waals surface area contributed by atoms with Crippen molar-refractivity contribution in [2.24, 2.45) is 11.8 Å². The maximum absolute atomic E-state index is 12.6. The molecule has 1 aromatic rings. The average molecular weight is 411 g/mol. The van der Waals surface area contributed by atoms with E-state index in [-0.39, 0.29) is 12.1 Å². The zero-order valence-electron chi connectivity index (χ0n) is 19.3. The summed E-state index contributed by atoms with van der Waals surface area (Å²) in [4.78, 5) is 12.6. The number of hydrogen-bond acceptors (Lipinski definition) is 2. The summed E-state index contributed by atoms with van der Waals surface area (Å²) in [5, 5.41) is 0. The normalized spacial score (nSPS) is 24.3. The summed E-state index contributed by atoms with van der Waals surface area (Å²) < 4.78 is 5.83. The molecule has 30 heavy (non-hydrogen) atoms. The number of carbonyl (C=O) groups is 1. The van der Waals surface area contributed by atoms with Crippen LogP contribution < -0.4 is 0 Å². The van der Waals surface area contributed by atoms with E-state index in [1.54, 1.807) is 0 Å². The van der Waals surface area contributed by atoms with E-state index >= 15 is 0 Å². The molecule has 0 aromatic heterocycles. The van der Waals surface area contributed by atoms with Gasteiger partial charge < -0.3 is 4.74 Å². The molecule has 0 aliphatic heterocycles. The molecule has 0 saturated heterocycles. The number of carbonyl (C=O) groups excluding carboxylic acids is 1. The lowest BCUT2D eigenvalue weighted by Gasteiger charge is -2.28. The van der Waals surface area contributed by atoms with Crippen molar-refractivity contribution in [1.29, 1.82) is 0 Å². The highest BCUT2D eigenvalue weighted by Crippen LogP contribution is 2.33. The van der Waals surface area contributed by atoms with Crippen LogP contribution in [0.2, 0.25) is 0 Å². The van der Waals surface area contributed by atoms with E-state index in [4.69, 9.17) is 4.74 Å². The fourth-order valence-corrected chi connectivity index (χ4v) is 5.17. The Bertz CT molecular complexity index is 664. The smallest absolute Gasteiger partial charge is 0.338 e. The largest absolute Gasteiger partial charge is 0.459 e. The number of allylic oxidation sites excluding steroid dienone is 2. The van der Waals surface area contributed by atoms with E-state index in [0.717, 1.165) is 24.7 Å². The minimum atomic E-state index is -0.145. The predicted molar refractivity (Wildman–Crippen MR) is 127 cm³/mol. The van der Waals surface area contributed by atoms with Gasteiger partial charge in [0.05, 0.1) is 5.56 Å². The van der Waals surface area contributed by atoms with Crippen molar-refractivity contribution in [2.45, 2.75) is 110 Å². The minimum Gasteiger partial charge on any atom is -0.459 e. The highest BCUT2D eigenvalue weighted by atomic mass is 16.5. The van der Waals surface area contributed by atoms with Crippen LogP contribution in [0.5, 0.6) is 0 Å². The van der Waals surface area contributed by atoms with E-state index in [0.29, 0.717) is 5.56 Å². The van der Waals surface area contributed by atoms with E-state index < -0.39 is 0 Å². The molecule has 166 valence electrons. The maximum atomic E-state index is 12.6. The van der Waals surface area contributed by atoms with Gasteiger partial charge >= 0.3 is 5.97 Å². The zero-order valence-corrected chi connectivity index (χ0v) is 19.3. The molecule has 1 unspecified atom stereocenters. The lowest BCUT2D eigenvalue weighted by Crippen LogP contribution is -2.24. The Balaban J connectivity index is 1.44. The molecule has 0 bridgehead atoms. The molecule has 2 aliphatic rings. The molecule has 0 spiro atoms. The molecule has 0 heterocycles. The van der Waals surface area contributed by atoms with Crippen LogP contribution >= 0.6 is 0 Å². The van der Waals surface area contributed by atoms with Gasteiger partial charge in [0.15, 0.2) is 0 Å². The summed E-state index contributed by atoms with van der Waals surface area (Å²) in [5.41, 5.74) is 3.41. The van der Waals surface area contributed by atoms with Crippen LogP contribution in [0.4, 0.5) is 0 Å². The van der Waals surface area contributed by atoms with Gasteiger partial charge in [-0.1, -0.05) is 77.0 Å². The molecule has 2 aliphatic carbocycles. The molecule has 1 saturated carbocycles. The lowest BCUT2D eigenvalue weighted by atomic mass is 9.84. The summed E-state index contributed by atoms with van der Waals surface area (Å²) in [7, 11) is 0. The monoisotopic (exact) mass is 410 g/mol. The molecular weight excluding hydrogens is 368 g/mol. The van der Waals surface area contributed by atoms with Gasteiger partial charge in [-0.15, -0.1) is 0 Å². The standard InChI is InChI=1S/C28H42O2/c1-3-5-7-9-23-12-20-27(21-13-23)30-28(29)26-18-16-25(17-19-26)24-14-10-22(11-15-24)8-6-4-2/h14,16-19,22-23,27H,3-13,15,20-21H2,1-2H3/t22?,23-,27-. The second-order valence-electron chi connectivity index (χ2n) is 9.63. The molecule has 2 heteroatoms. The van der Waals surface area contributed by atoms with Crippen molar-refractivity contribution in [3.05, 3.63) is 41.5 Å². The molecule has 3 rings (SSSR count). The van der Waals surface area contributed by atoms with Gasteiger partial charge in [-0.05, 0) is 80.1 Å². The van der Waals surface area contributed by atoms with Gasteiger partial charge in [-0.2, -0.15) is 0 Å². The van der Waals surface area contributed by atoms with Crippen molar-refractivity contribution < 1.29 is 9.53 Å². The zero-order chi connectivity index (χ0) is 21.2. The Kier molecular flexibility index (Phi) is 9.49. The Hall–Kier alpha value is -1.57. The number of hydrogen-bond donors (Lipinski definition) is 0. The third kappa shape index (κ3) is 7.00. The SMILES string of the molecule is CCCCC[C@H]1CC[C@H](OC(=O)c2ccc(C3=CCC(CCCC)CC3)cc2)CC1. The summed E-state index contributed by atoms with van der Waals surface area (Å²) in [6.45, 7) is 4.54. The van der Waals surface area contributed by atoms with Gasteiger partial charge in [0.2, 0.25) is 0 Å². The Labute approximate surface area is 184 Å². The molecule has 0 radical (unpaired) electrons. The second-order valence-corrected chi connectivity index (χ2v) is 9.63. The average Bonchev–Trinajstić information content (AvgIpc) is 2.79. The van der Waals surface area contributed by atoms with Crippen LogP contribution in [-0.4, -0.2) is 12.1 Å². The van der Waals surface area contributed by atoms with Gasteiger partial charge in [-0.3, -0.25) is 0 Å². The highest BCUT2D eigenvalue weighted by Gasteiger charge is 2.24. The molecule has 0 amide bonds. The number of esters is 1. The predicted octanol–water partition coefficient (Wildman–Crippen LogP) is 8.36. The molecule has 2 nitrogen and oxygen atoms in total. The Morgan fingerprint density at radius 2 is 1.57 bits per heavy atom. The molecule has 0 N–H and O–H groups in total. The summed E-state index contributed by atoms with van der Waals surface area (Å²) in [5.74, 6) is 1.56. The van der Waals surface area contributed by atoms with E-state index in [2.05, 4.69) is 32.1 Å². The number of rotatable bonds is 10. The highest BCUT2D eigenvalue weighted by molar-refractivity contribution is 5.90. The maximum Gasteiger partial charge on any atom is 0.338 e. The van der Waals surface area contributed by atoms with Crippen LogP contribution in [-0.2, 0) is 4.74 Å². The number of unbranched alkanes of at least 4 members (excludes halogenated alkanes) is 3. The first-order valence-corrected chi connectivity index (χ1v) is 12.7. The molecular formula is C28H42O2. The van der Waals surface area contributed by atoms with Crippen molar-refractivity contribution in [1.82, 2.24) is 0 Å². The minimum absolute atomic E-state index is 0.112. The molecule has 1 fully saturated rings. The van der Waals surface area contributed by atoms with Gasteiger partial charge in [-0.25, -0.2) is 4.79 Å². The van der Waals surface area contributed by atoms with Crippen molar-refractivity contribution in [2.75, 3.05) is 0 Å². The second kappa shape index (κ2) is 12.3. The Morgan fingerprint density at radius 3 is 2.20 bits per heavy atom. The van der Waals surface area contributed by atoms with Gasteiger partial charge in [0.25, 0.3) is 0 Å². The number of ether oxygens (including phenoxy) is 1.